The number of hydrogen-bond donors (Lipinski definition) is 1. The monoisotopic (exact) mass is 370 g/mol. The van der Waals surface area contributed by atoms with Crippen molar-refractivity contribution in [3.8, 4) is 0 Å². The van der Waals surface area contributed by atoms with Gasteiger partial charge in [0, 0.05) is 50.0 Å². The molecule has 1 amide bonds. The van der Waals surface area contributed by atoms with Crippen LogP contribution in [0.25, 0.3) is 0 Å². The van der Waals surface area contributed by atoms with E-state index in [0.717, 1.165) is 18.8 Å². The van der Waals surface area contributed by atoms with Gasteiger partial charge in [0.15, 0.2) is 0 Å². The molecule has 144 valence electrons. The van der Waals surface area contributed by atoms with Gasteiger partial charge in [-0.05, 0) is 45.4 Å². The summed E-state index contributed by atoms with van der Waals surface area (Å²) in [5.74, 6) is -0.466. The normalized spacial score (nSPS) is 14.6. The maximum Gasteiger partial charge on any atom is 0.340 e. The van der Waals surface area contributed by atoms with Crippen LogP contribution in [0.1, 0.15) is 46.0 Å². The summed E-state index contributed by atoms with van der Waals surface area (Å²) in [7, 11) is 0. The zero-order valence-electron chi connectivity index (χ0n) is 16.3. The number of carbonyl (C=O) groups is 2. The highest BCUT2D eigenvalue weighted by Crippen LogP contribution is 2.22. The standard InChI is InChI=1S/C20H26N4O3/c1-13(2)27-20(26)17-14(3)18(22-15(17)4)19(25)24-11-9-23(10-12-24)16-5-7-21-8-6-16/h5-8,13,22H,9-12H2,1-4H3. The van der Waals surface area contributed by atoms with Crippen LogP contribution in [0.15, 0.2) is 24.5 Å². The molecule has 0 aromatic carbocycles. The van der Waals surface area contributed by atoms with E-state index >= 15 is 0 Å². The Morgan fingerprint density at radius 3 is 2.33 bits per heavy atom. The molecule has 7 heteroatoms. The van der Waals surface area contributed by atoms with E-state index in [2.05, 4.69) is 14.9 Å². The van der Waals surface area contributed by atoms with Gasteiger partial charge in [0.05, 0.1) is 11.7 Å². The molecule has 0 unspecified atom stereocenters. The lowest BCUT2D eigenvalue weighted by Gasteiger charge is -2.36. The highest BCUT2D eigenvalue weighted by Gasteiger charge is 2.28. The fourth-order valence-corrected chi connectivity index (χ4v) is 3.42. The molecule has 0 saturated carbocycles. The number of rotatable bonds is 4. The summed E-state index contributed by atoms with van der Waals surface area (Å²) in [6.45, 7) is 9.98. The van der Waals surface area contributed by atoms with Crippen LogP contribution in [-0.2, 0) is 4.74 Å². The second-order valence-electron chi connectivity index (χ2n) is 7.06. The molecular formula is C20H26N4O3. The van der Waals surface area contributed by atoms with Crippen molar-refractivity contribution < 1.29 is 14.3 Å². The van der Waals surface area contributed by atoms with Crippen molar-refractivity contribution in [3.63, 3.8) is 0 Å². The van der Waals surface area contributed by atoms with Crippen LogP contribution >= 0.6 is 0 Å². The summed E-state index contributed by atoms with van der Waals surface area (Å²) in [5.41, 5.74) is 3.36. The van der Waals surface area contributed by atoms with Gasteiger partial charge in [0.25, 0.3) is 5.91 Å². The van der Waals surface area contributed by atoms with Crippen molar-refractivity contribution in [1.29, 1.82) is 0 Å². The van der Waals surface area contributed by atoms with Gasteiger partial charge in [0.1, 0.15) is 5.69 Å². The van der Waals surface area contributed by atoms with Gasteiger partial charge in [-0.25, -0.2) is 4.79 Å². The van der Waals surface area contributed by atoms with Crippen molar-refractivity contribution in [1.82, 2.24) is 14.9 Å². The summed E-state index contributed by atoms with van der Waals surface area (Å²) < 4.78 is 5.30. The number of carbonyl (C=O) groups excluding carboxylic acids is 2. The number of anilines is 1. The fourth-order valence-electron chi connectivity index (χ4n) is 3.42. The minimum Gasteiger partial charge on any atom is -0.459 e. The Labute approximate surface area is 159 Å². The van der Waals surface area contributed by atoms with Gasteiger partial charge in [-0.15, -0.1) is 0 Å². The van der Waals surface area contributed by atoms with E-state index in [9.17, 15) is 9.59 Å². The number of esters is 1. The number of aryl methyl sites for hydroxylation is 1. The van der Waals surface area contributed by atoms with Gasteiger partial charge in [-0.1, -0.05) is 0 Å². The van der Waals surface area contributed by atoms with E-state index in [1.165, 1.54) is 0 Å². The summed E-state index contributed by atoms with van der Waals surface area (Å²) in [5, 5.41) is 0. The molecular weight excluding hydrogens is 344 g/mol. The van der Waals surface area contributed by atoms with Crippen LogP contribution < -0.4 is 4.90 Å². The maximum atomic E-state index is 13.0. The first-order chi connectivity index (χ1) is 12.9. The number of aromatic amines is 1. The van der Waals surface area contributed by atoms with Gasteiger partial charge in [0.2, 0.25) is 0 Å². The summed E-state index contributed by atoms with van der Waals surface area (Å²) in [6, 6.07) is 3.95. The molecule has 1 aliphatic heterocycles. The lowest BCUT2D eigenvalue weighted by molar-refractivity contribution is 0.0376. The van der Waals surface area contributed by atoms with Crippen LogP contribution in [0.2, 0.25) is 0 Å². The molecule has 0 radical (unpaired) electrons. The third kappa shape index (κ3) is 3.97. The summed E-state index contributed by atoms with van der Waals surface area (Å²) >= 11 is 0. The number of ether oxygens (including phenoxy) is 1. The van der Waals surface area contributed by atoms with Crippen molar-refractivity contribution in [3.05, 3.63) is 47.0 Å². The van der Waals surface area contributed by atoms with Crippen molar-refractivity contribution >= 4 is 17.6 Å². The molecule has 2 aromatic rings. The molecule has 3 rings (SSSR count). The first-order valence-electron chi connectivity index (χ1n) is 9.23. The third-order valence-electron chi connectivity index (χ3n) is 4.79. The average molecular weight is 370 g/mol. The molecule has 2 aromatic heterocycles. The lowest BCUT2D eigenvalue weighted by atomic mass is 10.1. The van der Waals surface area contributed by atoms with E-state index < -0.39 is 5.97 Å². The van der Waals surface area contributed by atoms with Crippen LogP contribution in [0.3, 0.4) is 0 Å². The molecule has 0 bridgehead atoms. The molecule has 1 aliphatic rings. The Bertz CT molecular complexity index is 821. The maximum absolute atomic E-state index is 13.0. The Balaban J connectivity index is 1.71. The number of amides is 1. The minimum atomic E-state index is -0.391. The van der Waals surface area contributed by atoms with Gasteiger partial charge in [-0.2, -0.15) is 0 Å². The van der Waals surface area contributed by atoms with Crippen molar-refractivity contribution in [2.45, 2.75) is 33.8 Å². The van der Waals surface area contributed by atoms with Crippen LogP contribution in [0.5, 0.6) is 0 Å². The van der Waals surface area contributed by atoms with E-state index in [-0.39, 0.29) is 12.0 Å². The fraction of sp³-hybridized carbons (Fsp3) is 0.450. The Morgan fingerprint density at radius 1 is 1.11 bits per heavy atom. The Kier molecular flexibility index (Phi) is 5.48. The number of piperazine rings is 1. The number of aromatic nitrogens is 2. The molecule has 0 atom stereocenters. The van der Waals surface area contributed by atoms with Gasteiger partial charge >= 0.3 is 5.97 Å². The van der Waals surface area contributed by atoms with E-state index in [1.807, 2.05) is 30.9 Å². The Hall–Kier alpha value is -2.83. The summed E-state index contributed by atoms with van der Waals surface area (Å²) in [4.78, 5) is 36.5. The van der Waals surface area contributed by atoms with E-state index in [1.54, 1.807) is 26.2 Å². The van der Waals surface area contributed by atoms with Crippen LogP contribution in [0.4, 0.5) is 5.69 Å². The second kappa shape index (κ2) is 7.82. The number of pyridine rings is 1. The smallest absolute Gasteiger partial charge is 0.340 e. The largest absolute Gasteiger partial charge is 0.459 e. The molecule has 1 N–H and O–H groups in total. The average Bonchev–Trinajstić information content (AvgIpc) is 2.95. The number of hydrogen-bond acceptors (Lipinski definition) is 5. The first kappa shape index (κ1) is 18.9. The van der Waals surface area contributed by atoms with Crippen LogP contribution in [-0.4, -0.2) is 59.0 Å². The third-order valence-corrected chi connectivity index (χ3v) is 4.79. The Morgan fingerprint density at radius 2 is 1.74 bits per heavy atom. The highest BCUT2D eigenvalue weighted by atomic mass is 16.5. The predicted octanol–water partition coefficient (Wildman–Crippen LogP) is 2.55. The molecule has 3 heterocycles. The van der Waals surface area contributed by atoms with E-state index in [4.69, 9.17) is 4.74 Å². The van der Waals surface area contributed by atoms with Crippen molar-refractivity contribution in [2.75, 3.05) is 31.1 Å². The molecule has 1 saturated heterocycles. The number of nitrogens with zero attached hydrogens (tertiary/aromatic N) is 3. The van der Waals surface area contributed by atoms with Crippen LogP contribution in [0, 0.1) is 13.8 Å². The molecule has 7 nitrogen and oxygen atoms in total. The van der Waals surface area contributed by atoms with E-state index in [0.29, 0.717) is 35.6 Å². The zero-order chi connectivity index (χ0) is 19.6. The number of nitrogens with one attached hydrogen (secondary N) is 1. The second-order valence-corrected chi connectivity index (χ2v) is 7.06. The topological polar surface area (TPSA) is 78.5 Å². The molecule has 0 aliphatic carbocycles. The van der Waals surface area contributed by atoms with Gasteiger partial charge in [-0.3, -0.25) is 9.78 Å². The first-order valence-corrected chi connectivity index (χ1v) is 9.23. The number of H-pyrrole nitrogens is 1. The minimum absolute atomic E-state index is 0.0754. The zero-order valence-corrected chi connectivity index (χ0v) is 16.3. The van der Waals surface area contributed by atoms with Gasteiger partial charge < -0.3 is 19.5 Å². The molecule has 27 heavy (non-hydrogen) atoms. The molecule has 0 spiro atoms. The quantitative estimate of drug-likeness (QED) is 0.837. The molecule has 1 fully saturated rings. The highest BCUT2D eigenvalue weighted by molar-refractivity contribution is 6.00. The predicted molar refractivity (Wildman–Crippen MR) is 103 cm³/mol. The van der Waals surface area contributed by atoms with Crippen molar-refractivity contribution in [2.24, 2.45) is 0 Å². The lowest BCUT2D eigenvalue weighted by Crippen LogP contribution is -2.49. The summed E-state index contributed by atoms with van der Waals surface area (Å²) in [6.07, 6.45) is 3.34. The SMILES string of the molecule is Cc1[nH]c(C(=O)N2CCN(c3ccncc3)CC2)c(C)c1C(=O)OC(C)C.